The average Bonchev–Trinajstić information content (AvgIpc) is 2.93. The van der Waals surface area contributed by atoms with E-state index in [4.69, 9.17) is 4.74 Å². The third kappa shape index (κ3) is 3.57. The van der Waals surface area contributed by atoms with Gasteiger partial charge in [-0.15, -0.1) is 11.3 Å². The molecule has 0 saturated carbocycles. The number of esters is 1. The highest BCUT2D eigenvalue weighted by atomic mass is 32.1. The number of nitrogens with zero attached hydrogens (tertiary/aromatic N) is 2. The van der Waals surface area contributed by atoms with Crippen LogP contribution in [-0.4, -0.2) is 47.4 Å². The fourth-order valence-corrected chi connectivity index (χ4v) is 3.01. The van der Waals surface area contributed by atoms with E-state index in [1.807, 2.05) is 0 Å². The molecule has 0 spiro atoms. The summed E-state index contributed by atoms with van der Waals surface area (Å²) in [6.07, 6.45) is 2.33. The summed E-state index contributed by atoms with van der Waals surface area (Å²) in [6, 6.07) is -0.554. The van der Waals surface area contributed by atoms with Crippen LogP contribution >= 0.6 is 11.3 Å². The van der Waals surface area contributed by atoms with Crippen LogP contribution in [0.1, 0.15) is 36.7 Å². The van der Waals surface area contributed by atoms with Gasteiger partial charge in [-0.3, -0.25) is 9.59 Å². The third-order valence-corrected chi connectivity index (χ3v) is 4.00. The van der Waals surface area contributed by atoms with Gasteiger partial charge in [-0.05, 0) is 19.3 Å². The monoisotopic (exact) mass is 311 g/mol. The number of aromatic nitrogens is 1. The molecule has 1 saturated heterocycles. The van der Waals surface area contributed by atoms with Crippen molar-refractivity contribution in [1.82, 2.24) is 9.88 Å². The number of carbonyl (C=O) groups is 3. The predicted molar refractivity (Wildman–Crippen MR) is 77.1 cm³/mol. The summed E-state index contributed by atoms with van der Waals surface area (Å²) in [5, 5.41) is 4.49. The second kappa shape index (κ2) is 6.66. The highest BCUT2D eigenvalue weighted by molar-refractivity contribution is 7.14. The predicted octanol–water partition coefficient (Wildman–Crippen LogP) is 1.27. The number of amides is 2. The number of hydrogen-bond donors (Lipinski definition) is 1. The van der Waals surface area contributed by atoms with Crippen LogP contribution in [0.15, 0.2) is 5.38 Å². The molecule has 0 aromatic carbocycles. The Bertz CT molecular complexity index is 557. The number of methoxy groups -OCH3 is 1. The number of nitrogens with one attached hydrogen (secondary N) is 1. The molecule has 8 heteroatoms. The van der Waals surface area contributed by atoms with Crippen LogP contribution in [-0.2, 0) is 14.3 Å². The van der Waals surface area contributed by atoms with E-state index < -0.39 is 12.0 Å². The van der Waals surface area contributed by atoms with Gasteiger partial charge in [0.15, 0.2) is 5.13 Å². The molecule has 1 aromatic rings. The minimum atomic E-state index is -0.554. The van der Waals surface area contributed by atoms with E-state index in [0.29, 0.717) is 18.1 Å². The van der Waals surface area contributed by atoms with Crippen LogP contribution in [0.5, 0.6) is 0 Å². The van der Waals surface area contributed by atoms with Crippen molar-refractivity contribution in [2.75, 3.05) is 19.0 Å². The van der Waals surface area contributed by atoms with Crippen LogP contribution in [0.4, 0.5) is 5.13 Å². The van der Waals surface area contributed by atoms with E-state index in [-0.39, 0.29) is 17.5 Å². The first-order chi connectivity index (χ1) is 10.0. The Labute approximate surface area is 126 Å². The molecule has 1 fully saturated rings. The Morgan fingerprint density at radius 1 is 1.43 bits per heavy atom. The summed E-state index contributed by atoms with van der Waals surface area (Å²) in [5.41, 5.74) is 0.236. The first-order valence-electron chi connectivity index (χ1n) is 6.65. The summed E-state index contributed by atoms with van der Waals surface area (Å²) >= 11 is 1.18. The van der Waals surface area contributed by atoms with Crippen LogP contribution in [0.2, 0.25) is 0 Å². The standard InChI is InChI=1S/C13H17N3O4S/c1-8(17)14-13-15-9(7-21-13)11(18)16-6-4-3-5-10(16)12(19)20-2/h7,10H,3-6H2,1-2H3,(H,14,15,17). The van der Waals surface area contributed by atoms with Crippen molar-refractivity contribution in [3.63, 3.8) is 0 Å². The number of anilines is 1. The van der Waals surface area contributed by atoms with Gasteiger partial charge >= 0.3 is 5.97 Å². The van der Waals surface area contributed by atoms with Gasteiger partial charge in [0.05, 0.1) is 7.11 Å². The van der Waals surface area contributed by atoms with E-state index in [9.17, 15) is 14.4 Å². The molecule has 21 heavy (non-hydrogen) atoms. The number of piperidine rings is 1. The number of carbonyl (C=O) groups excluding carboxylic acids is 3. The molecule has 7 nitrogen and oxygen atoms in total. The van der Waals surface area contributed by atoms with Gasteiger partial charge in [0, 0.05) is 18.8 Å². The van der Waals surface area contributed by atoms with Crippen LogP contribution in [0.3, 0.4) is 0 Å². The van der Waals surface area contributed by atoms with Gasteiger partial charge in [0.25, 0.3) is 5.91 Å². The lowest BCUT2D eigenvalue weighted by Gasteiger charge is -2.33. The topological polar surface area (TPSA) is 88.6 Å². The zero-order valence-corrected chi connectivity index (χ0v) is 12.7. The number of thiazole rings is 1. The maximum Gasteiger partial charge on any atom is 0.328 e. The third-order valence-electron chi connectivity index (χ3n) is 3.24. The smallest absolute Gasteiger partial charge is 0.328 e. The van der Waals surface area contributed by atoms with Gasteiger partial charge in [-0.25, -0.2) is 9.78 Å². The first-order valence-corrected chi connectivity index (χ1v) is 7.53. The highest BCUT2D eigenvalue weighted by Gasteiger charge is 2.34. The highest BCUT2D eigenvalue weighted by Crippen LogP contribution is 2.23. The quantitative estimate of drug-likeness (QED) is 0.849. The molecule has 2 amide bonds. The molecule has 1 aliphatic rings. The zero-order chi connectivity index (χ0) is 15.4. The van der Waals surface area contributed by atoms with Crippen LogP contribution in [0.25, 0.3) is 0 Å². The van der Waals surface area contributed by atoms with E-state index in [0.717, 1.165) is 12.8 Å². The molecular weight excluding hydrogens is 294 g/mol. The summed E-state index contributed by atoms with van der Waals surface area (Å²) in [4.78, 5) is 40.8. The number of likely N-dealkylation sites (tertiary alicyclic amines) is 1. The summed E-state index contributed by atoms with van der Waals surface area (Å²) in [5.74, 6) is -0.952. The minimum Gasteiger partial charge on any atom is -0.467 e. The number of ether oxygens (including phenoxy) is 1. The fraction of sp³-hybridized carbons (Fsp3) is 0.538. The van der Waals surface area contributed by atoms with Crippen LogP contribution < -0.4 is 5.32 Å². The van der Waals surface area contributed by atoms with Crippen molar-refractivity contribution in [3.8, 4) is 0 Å². The first kappa shape index (κ1) is 15.4. The van der Waals surface area contributed by atoms with Crippen molar-refractivity contribution in [2.45, 2.75) is 32.2 Å². The molecule has 114 valence electrons. The molecule has 1 aromatic heterocycles. The lowest BCUT2D eigenvalue weighted by molar-refractivity contribution is -0.147. The normalized spacial score (nSPS) is 18.2. The SMILES string of the molecule is COC(=O)C1CCCCN1C(=O)c1csc(NC(C)=O)n1. The maximum absolute atomic E-state index is 12.5. The average molecular weight is 311 g/mol. The summed E-state index contributed by atoms with van der Waals surface area (Å²) in [7, 11) is 1.32. The van der Waals surface area contributed by atoms with Crippen LogP contribution in [0, 0.1) is 0 Å². The van der Waals surface area contributed by atoms with Gasteiger partial charge < -0.3 is 15.0 Å². The van der Waals surface area contributed by atoms with Crippen molar-refractivity contribution < 1.29 is 19.1 Å². The van der Waals surface area contributed by atoms with Crippen molar-refractivity contribution in [2.24, 2.45) is 0 Å². The van der Waals surface area contributed by atoms with E-state index in [1.54, 1.807) is 5.38 Å². The van der Waals surface area contributed by atoms with Crippen molar-refractivity contribution in [3.05, 3.63) is 11.1 Å². The maximum atomic E-state index is 12.5. The minimum absolute atomic E-state index is 0.236. The van der Waals surface area contributed by atoms with E-state index in [1.165, 1.54) is 30.3 Å². The Morgan fingerprint density at radius 3 is 2.86 bits per heavy atom. The Hall–Kier alpha value is -1.96. The van der Waals surface area contributed by atoms with Gasteiger partial charge in [0.2, 0.25) is 5.91 Å². The molecule has 0 bridgehead atoms. The zero-order valence-electron chi connectivity index (χ0n) is 11.9. The molecule has 1 unspecified atom stereocenters. The number of hydrogen-bond acceptors (Lipinski definition) is 6. The fourth-order valence-electron chi connectivity index (χ4n) is 2.28. The van der Waals surface area contributed by atoms with Gasteiger partial charge in [-0.2, -0.15) is 0 Å². The molecule has 0 radical (unpaired) electrons. The van der Waals surface area contributed by atoms with E-state index >= 15 is 0 Å². The van der Waals surface area contributed by atoms with Crippen molar-refractivity contribution >= 4 is 34.3 Å². The lowest BCUT2D eigenvalue weighted by atomic mass is 10.0. The largest absolute Gasteiger partial charge is 0.467 e. The molecule has 2 rings (SSSR count). The molecular formula is C13H17N3O4S. The molecule has 1 aliphatic heterocycles. The Morgan fingerprint density at radius 2 is 2.19 bits per heavy atom. The summed E-state index contributed by atoms with van der Waals surface area (Å²) in [6.45, 7) is 1.88. The molecule has 1 atom stereocenters. The van der Waals surface area contributed by atoms with Crippen molar-refractivity contribution in [1.29, 1.82) is 0 Å². The second-order valence-electron chi connectivity index (χ2n) is 4.75. The second-order valence-corrected chi connectivity index (χ2v) is 5.61. The molecule has 2 heterocycles. The molecule has 0 aliphatic carbocycles. The van der Waals surface area contributed by atoms with Gasteiger partial charge in [0.1, 0.15) is 11.7 Å². The van der Waals surface area contributed by atoms with Gasteiger partial charge in [-0.1, -0.05) is 0 Å². The lowest BCUT2D eigenvalue weighted by Crippen LogP contribution is -2.48. The Balaban J connectivity index is 2.14. The number of rotatable bonds is 3. The Kier molecular flexibility index (Phi) is 4.89. The van der Waals surface area contributed by atoms with E-state index in [2.05, 4.69) is 10.3 Å². The summed E-state index contributed by atoms with van der Waals surface area (Å²) < 4.78 is 4.76. The molecule has 1 N–H and O–H groups in total.